The highest BCUT2D eigenvalue weighted by molar-refractivity contribution is 6.75. The minimum atomic E-state index is 0.0269. The summed E-state index contributed by atoms with van der Waals surface area (Å²) in [4.78, 5) is 11.7. The van der Waals surface area contributed by atoms with Crippen molar-refractivity contribution in [2.75, 3.05) is 16.8 Å². The molecule has 0 saturated heterocycles. The minimum Gasteiger partial charge on any atom is -0.439 e. The third-order valence-electron chi connectivity index (χ3n) is 6.33. The van der Waals surface area contributed by atoms with E-state index >= 15 is 0 Å². The molecule has 0 unspecified atom stereocenters. The number of para-hydroxylation sites is 3. The fraction of sp³-hybridized carbons (Fsp3) is 0.160. The molecule has 4 aromatic rings. The molecule has 2 aliphatic rings. The Bertz CT molecular complexity index is 1410. The van der Waals surface area contributed by atoms with Crippen LogP contribution in [-0.4, -0.2) is 30.0 Å². The average Bonchev–Trinajstić information content (AvgIpc) is 3.27. The third kappa shape index (κ3) is 2.68. The van der Waals surface area contributed by atoms with Crippen molar-refractivity contribution in [3.05, 3.63) is 83.1 Å². The second kappa shape index (κ2) is 6.67. The van der Waals surface area contributed by atoms with Gasteiger partial charge in [0, 0.05) is 28.2 Å². The minimum absolute atomic E-state index is 0.0269. The summed E-state index contributed by atoms with van der Waals surface area (Å²) >= 11 is 0. The van der Waals surface area contributed by atoms with Gasteiger partial charge in [-0.2, -0.15) is 0 Å². The number of anilines is 3. The number of aryl methyl sites for hydroxylation is 1. The Morgan fingerprint density at radius 1 is 0.935 bits per heavy atom. The molecule has 0 spiro atoms. The molecule has 0 N–H and O–H groups in total. The maximum Gasteiger partial charge on any atom is 0.408 e. The molecule has 31 heavy (non-hydrogen) atoms. The number of furan rings is 1. The molecule has 0 amide bonds. The number of pyridine rings is 1. The summed E-state index contributed by atoms with van der Waals surface area (Å²) in [7, 11) is 2.13. The Labute approximate surface area is 181 Å². The van der Waals surface area contributed by atoms with E-state index in [1.165, 1.54) is 17.1 Å². The fourth-order valence-electron chi connectivity index (χ4n) is 4.89. The Kier molecular flexibility index (Phi) is 3.90. The Morgan fingerprint density at radius 2 is 1.68 bits per heavy atom. The van der Waals surface area contributed by atoms with Crippen LogP contribution in [0.25, 0.3) is 23.3 Å². The molecule has 5 nitrogen and oxygen atoms in total. The number of aromatic nitrogens is 1. The average molecular weight is 406 g/mol. The fourth-order valence-corrected chi connectivity index (χ4v) is 4.89. The van der Waals surface area contributed by atoms with Crippen LogP contribution in [0.3, 0.4) is 0 Å². The van der Waals surface area contributed by atoms with Crippen molar-refractivity contribution in [3.63, 3.8) is 0 Å². The highest BCUT2D eigenvalue weighted by Gasteiger charge is 2.41. The predicted molar refractivity (Wildman–Crippen MR) is 127 cm³/mol. The van der Waals surface area contributed by atoms with Gasteiger partial charge in [-0.3, -0.25) is 0 Å². The van der Waals surface area contributed by atoms with Crippen LogP contribution in [0.4, 0.5) is 17.1 Å². The molecular weight excluding hydrogens is 383 g/mol. The van der Waals surface area contributed by atoms with Gasteiger partial charge in [-0.1, -0.05) is 30.3 Å². The van der Waals surface area contributed by atoms with Crippen molar-refractivity contribution >= 4 is 47.3 Å². The Balaban J connectivity index is 1.50. The van der Waals surface area contributed by atoms with Crippen LogP contribution in [0.5, 0.6) is 0 Å². The van der Waals surface area contributed by atoms with Crippen molar-refractivity contribution in [1.29, 1.82) is 0 Å². The molecule has 152 valence electrons. The molecule has 0 bridgehead atoms. The standard InChI is InChI=1S/C25H23BN4O/c1-17-13-14-20-21-16-28(3)26(15-24(21)31-25(20)27-17)30-18(2)29(19-9-5-4-6-10-19)22-11-7-8-12-23(22)30/h4-16,18H,1-3H3/t18-/m0/s1. The molecule has 0 saturated carbocycles. The zero-order valence-electron chi connectivity index (χ0n) is 17.9. The maximum atomic E-state index is 6.18. The number of benzene rings is 2. The van der Waals surface area contributed by atoms with Crippen LogP contribution in [0, 0.1) is 6.92 Å². The van der Waals surface area contributed by atoms with Crippen molar-refractivity contribution in [2.45, 2.75) is 20.0 Å². The molecule has 1 atom stereocenters. The van der Waals surface area contributed by atoms with Crippen LogP contribution in [0.15, 0.2) is 71.1 Å². The van der Waals surface area contributed by atoms with Gasteiger partial charge in [-0.15, -0.1) is 0 Å². The molecular formula is C25H23BN4O. The van der Waals surface area contributed by atoms with Crippen molar-refractivity contribution in [3.8, 4) is 0 Å². The van der Waals surface area contributed by atoms with Crippen LogP contribution in [0.2, 0.25) is 0 Å². The van der Waals surface area contributed by atoms with Gasteiger partial charge in [-0.05, 0) is 63.3 Å². The summed E-state index contributed by atoms with van der Waals surface area (Å²) in [6.07, 6.45) is 2.33. The number of hydrogen-bond acceptors (Lipinski definition) is 5. The molecule has 0 aliphatic carbocycles. The Morgan fingerprint density at radius 3 is 2.48 bits per heavy atom. The van der Waals surface area contributed by atoms with E-state index in [0.29, 0.717) is 5.71 Å². The second-order valence-electron chi connectivity index (χ2n) is 8.29. The lowest BCUT2D eigenvalue weighted by Crippen LogP contribution is -2.56. The molecule has 2 aromatic carbocycles. The lowest BCUT2D eigenvalue weighted by Gasteiger charge is -2.37. The molecule has 4 heterocycles. The predicted octanol–water partition coefficient (Wildman–Crippen LogP) is 3.63. The summed E-state index contributed by atoms with van der Waals surface area (Å²) in [6.45, 7) is 4.27. The van der Waals surface area contributed by atoms with Gasteiger partial charge in [-0.25, -0.2) is 4.98 Å². The van der Waals surface area contributed by atoms with E-state index in [0.717, 1.165) is 21.7 Å². The summed E-state index contributed by atoms with van der Waals surface area (Å²) in [5, 5.41) is 2.16. The first-order valence-corrected chi connectivity index (χ1v) is 10.7. The van der Waals surface area contributed by atoms with Crippen molar-refractivity contribution < 1.29 is 4.42 Å². The van der Waals surface area contributed by atoms with Crippen LogP contribution in [-0.2, 0) is 0 Å². The molecule has 0 fully saturated rings. The van der Waals surface area contributed by atoms with Gasteiger partial charge < -0.3 is 18.9 Å². The van der Waals surface area contributed by atoms with Crippen LogP contribution in [0.1, 0.15) is 12.6 Å². The number of hydrogen-bond donors (Lipinski definition) is 0. The summed E-state index contributed by atoms with van der Waals surface area (Å²) < 4.78 is 6.18. The van der Waals surface area contributed by atoms with Gasteiger partial charge in [0.05, 0.1) is 17.5 Å². The van der Waals surface area contributed by atoms with Crippen molar-refractivity contribution in [1.82, 2.24) is 9.79 Å². The van der Waals surface area contributed by atoms with E-state index < -0.39 is 0 Å². The van der Waals surface area contributed by atoms with Gasteiger partial charge >= 0.3 is 6.98 Å². The Hall–Kier alpha value is -3.67. The highest BCUT2D eigenvalue weighted by Crippen LogP contribution is 2.44. The largest absolute Gasteiger partial charge is 0.439 e. The number of rotatable bonds is 2. The number of fused-ring (bicyclic) bond motifs is 4. The van der Waals surface area contributed by atoms with E-state index in [2.05, 4.69) is 106 Å². The summed E-state index contributed by atoms with van der Waals surface area (Å²) in [5.41, 5.74) is 6.18. The molecule has 6 rings (SSSR count). The van der Waals surface area contributed by atoms with E-state index in [9.17, 15) is 0 Å². The van der Waals surface area contributed by atoms with Gasteiger partial charge in [0.1, 0.15) is 5.42 Å². The first kappa shape index (κ1) is 18.1. The summed E-state index contributed by atoms with van der Waals surface area (Å²) in [5.74, 6) is 2.22. The topological polar surface area (TPSA) is 35.8 Å². The van der Waals surface area contributed by atoms with E-state index in [4.69, 9.17) is 4.42 Å². The second-order valence-corrected chi connectivity index (χ2v) is 8.29. The van der Waals surface area contributed by atoms with E-state index in [1.807, 2.05) is 13.0 Å². The monoisotopic (exact) mass is 406 g/mol. The molecule has 0 radical (unpaired) electrons. The normalized spacial score (nSPS) is 17.5. The third-order valence-corrected chi connectivity index (χ3v) is 6.33. The first-order valence-electron chi connectivity index (χ1n) is 10.7. The van der Waals surface area contributed by atoms with Gasteiger partial charge in [0.2, 0.25) is 5.71 Å². The van der Waals surface area contributed by atoms with Crippen LogP contribution < -0.4 is 20.3 Å². The molecule has 2 aromatic heterocycles. The maximum absolute atomic E-state index is 6.18. The first-order chi connectivity index (χ1) is 15.1. The lowest BCUT2D eigenvalue weighted by molar-refractivity contribution is 0.560. The van der Waals surface area contributed by atoms with Gasteiger partial charge in [0.15, 0.2) is 0 Å². The zero-order valence-corrected chi connectivity index (χ0v) is 17.9. The zero-order chi connectivity index (χ0) is 21.1. The SMILES string of the molecule is Cc1ccc2c3c(oc2n1)=CB(N1c2ccccc2N(c2ccccc2)[C@@H]1C)N(C)C=3. The lowest BCUT2D eigenvalue weighted by atomic mass is 9.69. The number of nitrogens with zero attached hydrogens (tertiary/aromatic N) is 4. The molecule has 2 aliphatic heterocycles. The smallest absolute Gasteiger partial charge is 0.408 e. The van der Waals surface area contributed by atoms with Crippen LogP contribution >= 0.6 is 0 Å². The quantitative estimate of drug-likeness (QED) is 0.475. The van der Waals surface area contributed by atoms with Gasteiger partial charge in [0.25, 0.3) is 0 Å². The van der Waals surface area contributed by atoms with E-state index in [-0.39, 0.29) is 13.1 Å². The summed E-state index contributed by atoms with van der Waals surface area (Å²) in [6, 6.07) is 23.3. The molecule has 6 heteroatoms. The highest BCUT2D eigenvalue weighted by atomic mass is 16.3. The van der Waals surface area contributed by atoms with E-state index in [1.54, 1.807) is 0 Å². The van der Waals surface area contributed by atoms with Crippen molar-refractivity contribution in [2.24, 2.45) is 0 Å².